The van der Waals surface area contributed by atoms with E-state index in [1.165, 1.54) is 0 Å². The zero-order valence-corrected chi connectivity index (χ0v) is 7.81. The van der Waals surface area contributed by atoms with Gasteiger partial charge in [-0.05, 0) is 6.42 Å². The Morgan fingerprint density at radius 3 is 2.38 bits per heavy atom. The third kappa shape index (κ3) is 4.15. The van der Waals surface area contributed by atoms with Gasteiger partial charge in [0.15, 0.2) is 0 Å². The summed E-state index contributed by atoms with van der Waals surface area (Å²) in [6.45, 7) is 1.61. The Kier molecular flexibility index (Phi) is 4.80. The van der Waals surface area contributed by atoms with E-state index in [1.54, 1.807) is 17.7 Å². The number of halogens is 2. The number of sulfonamides is 1. The van der Waals surface area contributed by atoms with Gasteiger partial charge in [-0.2, -0.15) is 14.0 Å². The van der Waals surface area contributed by atoms with Crippen molar-refractivity contribution < 1.29 is 17.2 Å². The normalized spacial score (nSPS) is 14.1. The molecule has 1 N–H and O–H groups in total. The molecule has 0 saturated carbocycles. The van der Waals surface area contributed by atoms with Crippen LogP contribution in [0.1, 0.15) is 19.8 Å². The van der Waals surface area contributed by atoms with E-state index in [0.717, 1.165) is 0 Å². The summed E-state index contributed by atoms with van der Waals surface area (Å²) < 4.78 is 46.6. The molecule has 0 aromatic carbocycles. The summed E-state index contributed by atoms with van der Waals surface area (Å²) in [7, 11) is -4.57. The lowest BCUT2D eigenvalue weighted by Gasteiger charge is -2.12. The van der Waals surface area contributed by atoms with Gasteiger partial charge in [0, 0.05) is 6.04 Å². The summed E-state index contributed by atoms with van der Waals surface area (Å²) in [5.74, 6) is -3.44. The van der Waals surface area contributed by atoms with Crippen molar-refractivity contribution in [3.05, 3.63) is 0 Å². The maximum Gasteiger partial charge on any atom is 0.350 e. The minimum absolute atomic E-state index is 0.109. The Morgan fingerprint density at radius 1 is 1.54 bits per heavy atom. The lowest BCUT2D eigenvalue weighted by molar-refractivity contribution is 0.231. The SMILES string of the molecule is CCC(CC#N)NS(=O)(=O)C(F)F. The highest BCUT2D eigenvalue weighted by molar-refractivity contribution is 7.89. The molecule has 13 heavy (non-hydrogen) atoms. The maximum atomic E-state index is 11.8. The molecule has 76 valence electrons. The largest absolute Gasteiger partial charge is 0.350 e. The Balaban J connectivity index is 4.33. The molecule has 0 radical (unpaired) electrons. The molecule has 0 aromatic heterocycles. The van der Waals surface area contributed by atoms with E-state index < -0.39 is 21.8 Å². The average Bonchev–Trinajstić information content (AvgIpc) is 2.03. The first-order valence-corrected chi connectivity index (χ1v) is 5.15. The molecular weight excluding hydrogens is 202 g/mol. The van der Waals surface area contributed by atoms with Crippen LogP contribution in [0.25, 0.3) is 0 Å². The van der Waals surface area contributed by atoms with E-state index in [4.69, 9.17) is 5.26 Å². The van der Waals surface area contributed by atoms with E-state index in [1.807, 2.05) is 0 Å². The Morgan fingerprint density at radius 2 is 2.08 bits per heavy atom. The topological polar surface area (TPSA) is 70.0 Å². The molecular formula is C6H10F2N2O2S. The number of alkyl halides is 2. The number of nitrogens with zero attached hydrogens (tertiary/aromatic N) is 1. The monoisotopic (exact) mass is 212 g/mol. The third-order valence-electron chi connectivity index (χ3n) is 1.40. The van der Waals surface area contributed by atoms with Gasteiger partial charge in [0.05, 0.1) is 12.5 Å². The highest BCUT2D eigenvalue weighted by atomic mass is 32.2. The predicted molar refractivity (Wildman–Crippen MR) is 42.4 cm³/mol. The van der Waals surface area contributed by atoms with Crippen molar-refractivity contribution in [1.29, 1.82) is 5.26 Å². The summed E-state index contributed by atoms with van der Waals surface area (Å²) in [5, 5.41) is 8.23. The first-order chi connectivity index (χ1) is 5.94. The highest BCUT2D eigenvalue weighted by Gasteiger charge is 2.26. The van der Waals surface area contributed by atoms with Crippen LogP contribution in [0.15, 0.2) is 0 Å². The van der Waals surface area contributed by atoms with Gasteiger partial charge in [-0.25, -0.2) is 13.1 Å². The van der Waals surface area contributed by atoms with Crippen molar-refractivity contribution in [2.75, 3.05) is 0 Å². The molecule has 0 heterocycles. The number of nitrogens with one attached hydrogen (secondary N) is 1. The fourth-order valence-electron chi connectivity index (χ4n) is 0.663. The fraction of sp³-hybridized carbons (Fsp3) is 0.833. The van der Waals surface area contributed by atoms with Crippen LogP contribution in [-0.2, 0) is 10.0 Å². The minimum Gasteiger partial charge on any atom is -0.206 e. The van der Waals surface area contributed by atoms with Crippen LogP contribution >= 0.6 is 0 Å². The standard InChI is InChI=1S/C6H10F2N2O2S/c1-2-5(3-4-9)10-13(11,12)6(7)8/h5-6,10H,2-3H2,1H3. The second-order valence-corrected chi connectivity index (χ2v) is 4.07. The van der Waals surface area contributed by atoms with Gasteiger partial charge < -0.3 is 0 Å². The first kappa shape index (κ1) is 12.3. The molecule has 0 rings (SSSR count). The van der Waals surface area contributed by atoms with Crippen molar-refractivity contribution in [1.82, 2.24) is 4.72 Å². The van der Waals surface area contributed by atoms with Crippen molar-refractivity contribution in [3.8, 4) is 6.07 Å². The van der Waals surface area contributed by atoms with Crippen LogP contribution in [0.5, 0.6) is 0 Å². The van der Waals surface area contributed by atoms with Gasteiger partial charge >= 0.3 is 5.76 Å². The van der Waals surface area contributed by atoms with Gasteiger partial charge in [0.1, 0.15) is 0 Å². The van der Waals surface area contributed by atoms with Crippen LogP contribution in [-0.4, -0.2) is 20.2 Å². The third-order valence-corrected chi connectivity index (χ3v) is 2.53. The molecule has 1 atom stereocenters. The Labute approximate surface area is 75.6 Å². The van der Waals surface area contributed by atoms with Crippen LogP contribution in [0.4, 0.5) is 8.78 Å². The molecule has 0 bridgehead atoms. The molecule has 7 heteroatoms. The smallest absolute Gasteiger partial charge is 0.206 e. The number of hydrogen-bond donors (Lipinski definition) is 1. The van der Waals surface area contributed by atoms with Gasteiger partial charge in [-0.3, -0.25) is 0 Å². The molecule has 0 amide bonds. The number of rotatable bonds is 5. The summed E-state index contributed by atoms with van der Waals surface area (Å²) in [6, 6.07) is 0.976. The van der Waals surface area contributed by atoms with E-state index in [0.29, 0.717) is 6.42 Å². The van der Waals surface area contributed by atoms with Crippen molar-refractivity contribution in [2.45, 2.75) is 31.6 Å². The molecule has 0 saturated heterocycles. The van der Waals surface area contributed by atoms with Crippen LogP contribution in [0, 0.1) is 11.3 Å². The van der Waals surface area contributed by atoms with Gasteiger partial charge in [-0.1, -0.05) is 6.92 Å². The average molecular weight is 212 g/mol. The summed E-state index contributed by atoms with van der Waals surface area (Å²) >= 11 is 0. The van der Waals surface area contributed by atoms with Crippen molar-refractivity contribution in [3.63, 3.8) is 0 Å². The fourth-order valence-corrected chi connectivity index (χ4v) is 1.48. The van der Waals surface area contributed by atoms with Crippen LogP contribution in [0.2, 0.25) is 0 Å². The zero-order valence-electron chi connectivity index (χ0n) is 7.00. The maximum absolute atomic E-state index is 11.8. The van der Waals surface area contributed by atoms with E-state index in [-0.39, 0.29) is 6.42 Å². The molecule has 1 unspecified atom stereocenters. The second kappa shape index (κ2) is 5.09. The van der Waals surface area contributed by atoms with Crippen molar-refractivity contribution >= 4 is 10.0 Å². The molecule has 0 aliphatic heterocycles. The first-order valence-electron chi connectivity index (χ1n) is 3.60. The molecule has 0 aliphatic carbocycles. The molecule has 0 aromatic rings. The quantitative estimate of drug-likeness (QED) is 0.733. The van der Waals surface area contributed by atoms with Crippen LogP contribution < -0.4 is 4.72 Å². The second-order valence-electron chi connectivity index (χ2n) is 2.39. The zero-order chi connectivity index (χ0) is 10.5. The summed E-state index contributed by atoms with van der Waals surface area (Å²) in [5.41, 5.74) is 0. The molecule has 0 aliphatic rings. The van der Waals surface area contributed by atoms with Crippen LogP contribution in [0.3, 0.4) is 0 Å². The van der Waals surface area contributed by atoms with E-state index >= 15 is 0 Å². The van der Waals surface area contributed by atoms with E-state index in [9.17, 15) is 17.2 Å². The van der Waals surface area contributed by atoms with Gasteiger partial charge in [0.2, 0.25) is 0 Å². The Bertz CT molecular complexity index is 283. The van der Waals surface area contributed by atoms with E-state index in [2.05, 4.69) is 0 Å². The predicted octanol–water partition coefficient (Wildman–Crippen LogP) is 0.821. The van der Waals surface area contributed by atoms with Gasteiger partial charge in [0.25, 0.3) is 10.0 Å². The van der Waals surface area contributed by atoms with Crippen molar-refractivity contribution in [2.24, 2.45) is 0 Å². The highest BCUT2D eigenvalue weighted by Crippen LogP contribution is 2.06. The lowest BCUT2D eigenvalue weighted by atomic mass is 10.2. The number of hydrogen-bond acceptors (Lipinski definition) is 3. The summed E-state index contributed by atoms with van der Waals surface area (Å²) in [6.07, 6.45) is 0.196. The Hall–Kier alpha value is -0.740. The number of nitriles is 1. The minimum atomic E-state index is -4.57. The molecule has 0 spiro atoms. The molecule has 4 nitrogen and oxygen atoms in total. The lowest BCUT2D eigenvalue weighted by Crippen LogP contribution is -2.37. The summed E-state index contributed by atoms with van der Waals surface area (Å²) in [4.78, 5) is 0. The van der Waals surface area contributed by atoms with Gasteiger partial charge in [-0.15, -0.1) is 0 Å². The molecule has 0 fully saturated rings.